The number of benzene rings is 2. The van der Waals surface area contributed by atoms with Gasteiger partial charge in [-0.05, 0) is 42.8 Å². The SMILES string of the molecule is CC(/C=C/c1ccccc1)=N/NC(=O)c1ccc(O)cc1. The van der Waals surface area contributed by atoms with Crippen molar-refractivity contribution in [2.24, 2.45) is 5.10 Å². The third-order valence-corrected chi connectivity index (χ3v) is 2.78. The summed E-state index contributed by atoms with van der Waals surface area (Å²) in [5.74, 6) is -0.195. The van der Waals surface area contributed by atoms with Gasteiger partial charge in [0, 0.05) is 5.56 Å². The molecule has 2 aromatic carbocycles. The van der Waals surface area contributed by atoms with Gasteiger partial charge in [-0.25, -0.2) is 5.43 Å². The van der Waals surface area contributed by atoms with Gasteiger partial charge in [-0.2, -0.15) is 5.10 Å². The number of hydrazone groups is 1. The minimum absolute atomic E-state index is 0.122. The number of phenols is 1. The molecule has 0 radical (unpaired) electrons. The highest BCUT2D eigenvalue weighted by Crippen LogP contribution is 2.09. The normalized spacial score (nSPS) is 11.6. The number of carbonyl (C=O) groups excluding carboxylic acids is 1. The molecule has 0 aliphatic heterocycles. The summed E-state index contributed by atoms with van der Waals surface area (Å²) in [5.41, 5.74) is 4.66. The number of phenolic OH excluding ortho intramolecular Hbond substituents is 1. The molecule has 0 saturated carbocycles. The summed E-state index contributed by atoms with van der Waals surface area (Å²) in [7, 11) is 0. The Morgan fingerprint density at radius 1 is 1.10 bits per heavy atom. The van der Waals surface area contributed by atoms with Gasteiger partial charge in [0.25, 0.3) is 5.91 Å². The van der Waals surface area contributed by atoms with E-state index in [4.69, 9.17) is 5.11 Å². The average molecular weight is 280 g/mol. The average Bonchev–Trinajstić information content (AvgIpc) is 2.52. The van der Waals surface area contributed by atoms with Gasteiger partial charge in [-0.3, -0.25) is 4.79 Å². The molecule has 2 rings (SSSR count). The lowest BCUT2D eigenvalue weighted by Crippen LogP contribution is -2.18. The predicted octanol–water partition coefficient (Wildman–Crippen LogP) is 3.21. The number of carbonyl (C=O) groups is 1. The Kier molecular flexibility index (Phi) is 4.88. The number of rotatable bonds is 4. The maximum absolute atomic E-state index is 11.8. The first kappa shape index (κ1) is 14.5. The lowest BCUT2D eigenvalue weighted by atomic mass is 10.2. The number of amides is 1. The predicted molar refractivity (Wildman–Crippen MR) is 84.2 cm³/mol. The fraction of sp³-hybridized carbons (Fsp3) is 0.0588. The molecule has 0 atom stereocenters. The Hall–Kier alpha value is -2.88. The van der Waals surface area contributed by atoms with E-state index in [1.165, 1.54) is 24.3 Å². The zero-order valence-electron chi connectivity index (χ0n) is 11.7. The van der Waals surface area contributed by atoms with Gasteiger partial charge in [-0.1, -0.05) is 36.4 Å². The fourth-order valence-corrected chi connectivity index (χ4v) is 1.63. The van der Waals surface area contributed by atoms with Gasteiger partial charge in [0.1, 0.15) is 5.75 Å². The monoisotopic (exact) mass is 280 g/mol. The van der Waals surface area contributed by atoms with Crippen molar-refractivity contribution in [2.75, 3.05) is 0 Å². The van der Waals surface area contributed by atoms with Crippen LogP contribution in [0.25, 0.3) is 6.08 Å². The van der Waals surface area contributed by atoms with Crippen molar-refractivity contribution >= 4 is 17.7 Å². The molecule has 0 spiro atoms. The lowest BCUT2D eigenvalue weighted by Gasteiger charge is -2.00. The molecule has 0 aliphatic rings. The first-order chi connectivity index (χ1) is 10.1. The van der Waals surface area contributed by atoms with Crippen LogP contribution in [0.4, 0.5) is 0 Å². The van der Waals surface area contributed by atoms with E-state index in [0.29, 0.717) is 11.3 Å². The Morgan fingerprint density at radius 3 is 2.43 bits per heavy atom. The van der Waals surface area contributed by atoms with Crippen molar-refractivity contribution in [1.29, 1.82) is 0 Å². The number of hydrogen-bond acceptors (Lipinski definition) is 3. The Balaban J connectivity index is 1.95. The first-order valence-corrected chi connectivity index (χ1v) is 6.52. The minimum atomic E-state index is -0.317. The summed E-state index contributed by atoms with van der Waals surface area (Å²) >= 11 is 0. The summed E-state index contributed by atoms with van der Waals surface area (Å²) in [6, 6.07) is 15.8. The second-order valence-electron chi connectivity index (χ2n) is 4.49. The molecule has 4 heteroatoms. The maximum Gasteiger partial charge on any atom is 0.271 e. The Labute approximate surface area is 123 Å². The van der Waals surface area contributed by atoms with E-state index < -0.39 is 0 Å². The van der Waals surface area contributed by atoms with E-state index in [0.717, 1.165) is 5.56 Å². The number of aromatic hydroxyl groups is 1. The number of hydrogen-bond donors (Lipinski definition) is 2. The van der Waals surface area contributed by atoms with Crippen LogP contribution in [0.15, 0.2) is 65.8 Å². The summed E-state index contributed by atoms with van der Waals surface area (Å²) < 4.78 is 0. The summed E-state index contributed by atoms with van der Waals surface area (Å²) in [4.78, 5) is 11.8. The van der Waals surface area contributed by atoms with Crippen molar-refractivity contribution < 1.29 is 9.90 Å². The summed E-state index contributed by atoms with van der Waals surface area (Å²) in [6.45, 7) is 1.80. The molecule has 1 amide bonds. The smallest absolute Gasteiger partial charge is 0.271 e. The fourth-order valence-electron chi connectivity index (χ4n) is 1.63. The van der Waals surface area contributed by atoms with Crippen LogP contribution >= 0.6 is 0 Å². The Bertz CT molecular complexity index is 659. The summed E-state index contributed by atoms with van der Waals surface area (Å²) in [5, 5.41) is 13.2. The molecule has 0 heterocycles. The second kappa shape index (κ2) is 7.05. The molecule has 2 N–H and O–H groups in total. The molecular formula is C17H16N2O2. The zero-order valence-corrected chi connectivity index (χ0v) is 11.7. The zero-order chi connectivity index (χ0) is 15.1. The molecule has 4 nitrogen and oxygen atoms in total. The quantitative estimate of drug-likeness (QED) is 0.667. The van der Waals surface area contributed by atoms with Crippen molar-refractivity contribution in [2.45, 2.75) is 6.92 Å². The first-order valence-electron chi connectivity index (χ1n) is 6.52. The molecule has 0 aliphatic carbocycles. The van der Waals surface area contributed by atoms with Crippen molar-refractivity contribution in [3.05, 3.63) is 71.8 Å². The topological polar surface area (TPSA) is 61.7 Å². The number of allylic oxidation sites excluding steroid dienone is 1. The third-order valence-electron chi connectivity index (χ3n) is 2.78. The molecule has 21 heavy (non-hydrogen) atoms. The molecule has 2 aromatic rings. The van der Waals surface area contributed by atoms with Gasteiger partial charge in [0.15, 0.2) is 0 Å². The van der Waals surface area contributed by atoms with E-state index in [1.807, 2.05) is 42.5 Å². The maximum atomic E-state index is 11.8. The Morgan fingerprint density at radius 2 is 1.76 bits per heavy atom. The van der Waals surface area contributed by atoms with Crippen LogP contribution in [0.5, 0.6) is 5.75 Å². The van der Waals surface area contributed by atoms with Crippen LogP contribution in [0.1, 0.15) is 22.8 Å². The number of nitrogens with one attached hydrogen (secondary N) is 1. The van der Waals surface area contributed by atoms with E-state index >= 15 is 0 Å². The standard InChI is InChI=1S/C17H16N2O2/c1-13(7-8-14-5-3-2-4-6-14)18-19-17(21)15-9-11-16(20)12-10-15/h2-12,20H,1H3,(H,19,21)/b8-7+,18-13-. The van der Waals surface area contributed by atoms with Gasteiger partial charge in [0.05, 0.1) is 5.71 Å². The largest absolute Gasteiger partial charge is 0.508 e. The van der Waals surface area contributed by atoms with Gasteiger partial charge < -0.3 is 5.11 Å². The van der Waals surface area contributed by atoms with Crippen LogP contribution in [-0.4, -0.2) is 16.7 Å². The van der Waals surface area contributed by atoms with Crippen molar-refractivity contribution in [1.82, 2.24) is 5.43 Å². The van der Waals surface area contributed by atoms with E-state index in [9.17, 15) is 4.79 Å². The number of nitrogens with zero attached hydrogens (tertiary/aromatic N) is 1. The highest BCUT2D eigenvalue weighted by atomic mass is 16.3. The third kappa shape index (κ3) is 4.62. The van der Waals surface area contributed by atoms with E-state index in [-0.39, 0.29) is 11.7 Å². The highest BCUT2D eigenvalue weighted by Gasteiger charge is 2.03. The highest BCUT2D eigenvalue weighted by molar-refractivity contribution is 5.99. The van der Waals surface area contributed by atoms with Crippen LogP contribution < -0.4 is 5.43 Å². The van der Waals surface area contributed by atoms with Crippen LogP contribution in [0.3, 0.4) is 0 Å². The minimum Gasteiger partial charge on any atom is -0.508 e. The van der Waals surface area contributed by atoms with E-state index in [1.54, 1.807) is 6.92 Å². The van der Waals surface area contributed by atoms with Crippen LogP contribution in [-0.2, 0) is 0 Å². The molecule has 0 bridgehead atoms. The molecule has 0 aromatic heterocycles. The molecule has 0 saturated heterocycles. The van der Waals surface area contributed by atoms with Gasteiger partial charge >= 0.3 is 0 Å². The lowest BCUT2D eigenvalue weighted by molar-refractivity contribution is 0.0955. The van der Waals surface area contributed by atoms with Crippen LogP contribution in [0, 0.1) is 0 Å². The molecule has 106 valence electrons. The second-order valence-corrected chi connectivity index (χ2v) is 4.49. The summed E-state index contributed by atoms with van der Waals surface area (Å²) in [6.07, 6.45) is 3.75. The van der Waals surface area contributed by atoms with Crippen LogP contribution in [0.2, 0.25) is 0 Å². The van der Waals surface area contributed by atoms with Gasteiger partial charge in [-0.15, -0.1) is 0 Å². The molecule has 0 fully saturated rings. The van der Waals surface area contributed by atoms with Crippen molar-refractivity contribution in [3.8, 4) is 5.75 Å². The van der Waals surface area contributed by atoms with Gasteiger partial charge in [0.2, 0.25) is 0 Å². The molecular weight excluding hydrogens is 264 g/mol. The molecule has 0 unspecified atom stereocenters. The van der Waals surface area contributed by atoms with Crippen molar-refractivity contribution in [3.63, 3.8) is 0 Å². The van der Waals surface area contributed by atoms with E-state index in [2.05, 4.69) is 10.5 Å².